The molecule has 2 heterocycles. The molecule has 38 heavy (non-hydrogen) atoms. The van der Waals surface area contributed by atoms with E-state index < -0.39 is 11.8 Å². The minimum atomic E-state index is -1.17. The Morgan fingerprint density at radius 3 is 2.42 bits per heavy atom. The van der Waals surface area contributed by atoms with E-state index in [0.717, 1.165) is 5.56 Å². The van der Waals surface area contributed by atoms with Gasteiger partial charge in [-0.2, -0.15) is 0 Å². The van der Waals surface area contributed by atoms with Crippen LogP contribution in [0, 0.1) is 5.82 Å². The van der Waals surface area contributed by atoms with Gasteiger partial charge in [0.15, 0.2) is 0 Å². The fraction of sp³-hybridized carbons (Fsp3) is 0.138. The number of rotatable bonds is 7. The Kier molecular flexibility index (Phi) is 7.06. The molecular weight excluding hydrogens is 530 g/mol. The molecule has 0 saturated heterocycles. The Balaban J connectivity index is 1.41. The minimum Gasteiger partial charge on any atom is -0.489 e. The first-order chi connectivity index (χ1) is 18.2. The Labute approximate surface area is 227 Å². The van der Waals surface area contributed by atoms with Crippen LogP contribution in [0.1, 0.15) is 41.6 Å². The fourth-order valence-corrected chi connectivity index (χ4v) is 4.78. The summed E-state index contributed by atoms with van der Waals surface area (Å²) in [6, 6.07) is 18.1. The zero-order valence-electron chi connectivity index (χ0n) is 20.3. The van der Waals surface area contributed by atoms with Crippen molar-refractivity contribution < 1.29 is 23.6 Å². The van der Waals surface area contributed by atoms with Crippen molar-refractivity contribution >= 4 is 40.1 Å². The number of benzene rings is 3. The lowest BCUT2D eigenvalue weighted by Gasteiger charge is -2.11. The molecule has 1 N–H and O–H groups in total. The Hall–Kier alpha value is -3.94. The van der Waals surface area contributed by atoms with Gasteiger partial charge in [-0.3, -0.25) is 0 Å². The first-order valence-corrected chi connectivity index (χ1v) is 12.5. The van der Waals surface area contributed by atoms with Crippen LogP contribution in [0.4, 0.5) is 4.39 Å². The molecule has 0 aliphatic carbocycles. The quantitative estimate of drug-likeness (QED) is 0.219. The van der Waals surface area contributed by atoms with Crippen molar-refractivity contribution in [1.29, 1.82) is 0 Å². The predicted octanol–water partition coefficient (Wildman–Crippen LogP) is 8.40. The van der Waals surface area contributed by atoms with Gasteiger partial charge in [-0.25, -0.2) is 14.2 Å². The monoisotopic (exact) mass is 550 g/mol. The number of fused-ring (bicyclic) bond motifs is 1. The number of pyridine rings is 1. The standard InChI is InChI=1S/C29H21Cl2FN2O4/c1-15(2)28-20(27(34-38-28)26-21(30)4-3-5-22(26)31)14-37-18-9-6-16(7-10-18)19-12-17-8-11-24(29(35)36)33-25(17)13-23(19)32/h3-13,15H,14H2,1-2H3,(H,35,36). The Bertz CT molecular complexity index is 1650. The lowest BCUT2D eigenvalue weighted by Crippen LogP contribution is -2.01. The van der Waals surface area contributed by atoms with Crippen molar-refractivity contribution in [2.45, 2.75) is 26.4 Å². The normalized spacial score (nSPS) is 11.3. The van der Waals surface area contributed by atoms with Gasteiger partial charge in [-0.05, 0) is 42.0 Å². The lowest BCUT2D eigenvalue weighted by atomic mass is 10.0. The van der Waals surface area contributed by atoms with E-state index in [1.807, 2.05) is 13.8 Å². The molecule has 0 unspecified atom stereocenters. The summed E-state index contributed by atoms with van der Waals surface area (Å²) in [5.74, 6) is -0.384. The molecule has 192 valence electrons. The van der Waals surface area contributed by atoms with E-state index in [-0.39, 0.29) is 23.7 Å². The van der Waals surface area contributed by atoms with E-state index in [0.29, 0.717) is 49.3 Å². The third-order valence-corrected chi connectivity index (χ3v) is 6.72. The average Bonchev–Trinajstić information content (AvgIpc) is 3.30. The molecule has 0 amide bonds. The maximum Gasteiger partial charge on any atom is 0.354 e. The van der Waals surface area contributed by atoms with Gasteiger partial charge in [-0.15, -0.1) is 0 Å². The van der Waals surface area contributed by atoms with Gasteiger partial charge < -0.3 is 14.4 Å². The van der Waals surface area contributed by atoms with Crippen molar-refractivity contribution in [2.24, 2.45) is 0 Å². The molecule has 0 aliphatic rings. The van der Waals surface area contributed by atoms with Gasteiger partial charge in [0.1, 0.15) is 35.3 Å². The summed E-state index contributed by atoms with van der Waals surface area (Å²) in [6.45, 7) is 4.15. The number of halogens is 3. The largest absolute Gasteiger partial charge is 0.489 e. The minimum absolute atomic E-state index is 0.0513. The highest BCUT2D eigenvalue weighted by atomic mass is 35.5. The summed E-state index contributed by atoms with van der Waals surface area (Å²) in [5.41, 5.74) is 2.99. The SMILES string of the molecule is CC(C)c1onc(-c2c(Cl)cccc2Cl)c1COc1ccc(-c2cc3ccc(C(=O)O)nc3cc2F)cc1. The van der Waals surface area contributed by atoms with Crippen LogP contribution in [-0.4, -0.2) is 21.2 Å². The van der Waals surface area contributed by atoms with Crippen molar-refractivity contribution in [1.82, 2.24) is 10.1 Å². The van der Waals surface area contributed by atoms with Crippen LogP contribution in [-0.2, 0) is 6.61 Å². The molecule has 0 saturated carbocycles. The van der Waals surface area contributed by atoms with Gasteiger partial charge >= 0.3 is 5.97 Å². The molecule has 3 aromatic carbocycles. The third kappa shape index (κ3) is 4.95. The van der Waals surface area contributed by atoms with Gasteiger partial charge in [0.05, 0.1) is 21.1 Å². The highest BCUT2D eigenvalue weighted by Crippen LogP contribution is 2.39. The summed E-state index contributed by atoms with van der Waals surface area (Å²) < 4.78 is 26.6. The number of ether oxygens (including phenoxy) is 1. The first kappa shape index (κ1) is 25.7. The second-order valence-electron chi connectivity index (χ2n) is 8.96. The van der Waals surface area contributed by atoms with Gasteiger partial charge in [0.25, 0.3) is 0 Å². The van der Waals surface area contributed by atoms with E-state index >= 15 is 0 Å². The molecule has 0 fully saturated rings. The lowest BCUT2D eigenvalue weighted by molar-refractivity contribution is 0.0691. The number of carboxylic acid groups (broad SMARTS) is 1. The topological polar surface area (TPSA) is 85.5 Å². The van der Waals surface area contributed by atoms with Gasteiger partial charge in [0, 0.05) is 28.5 Å². The highest BCUT2D eigenvalue weighted by molar-refractivity contribution is 6.39. The summed E-state index contributed by atoms with van der Waals surface area (Å²) in [4.78, 5) is 15.2. The Morgan fingerprint density at radius 2 is 1.76 bits per heavy atom. The van der Waals surface area contributed by atoms with E-state index in [4.69, 9.17) is 37.6 Å². The molecule has 5 aromatic rings. The maximum absolute atomic E-state index is 14.9. The molecule has 9 heteroatoms. The number of hydrogen-bond donors (Lipinski definition) is 1. The first-order valence-electron chi connectivity index (χ1n) is 11.7. The van der Waals surface area contributed by atoms with Crippen LogP contribution in [0.15, 0.2) is 71.3 Å². The molecular formula is C29H21Cl2FN2O4. The van der Waals surface area contributed by atoms with Crippen LogP contribution >= 0.6 is 23.2 Å². The third-order valence-electron chi connectivity index (χ3n) is 6.09. The van der Waals surface area contributed by atoms with Crippen molar-refractivity contribution in [3.05, 3.63) is 99.6 Å². The van der Waals surface area contributed by atoms with Crippen molar-refractivity contribution in [2.75, 3.05) is 0 Å². The number of nitrogens with zero attached hydrogens (tertiary/aromatic N) is 2. The number of carboxylic acids is 1. The summed E-state index contributed by atoms with van der Waals surface area (Å²) in [5, 5.41) is 14.9. The average molecular weight is 551 g/mol. The maximum atomic E-state index is 14.9. The van der Waals surface area contributed by atoms with E-state index in [1.54, 1.807) is 54.6 Å². The van der Waals surface area contributed by atoms with E-state index in [1.165, 1.54) is 12.1 Å². The molecule has 0 atom stereocenters. The second kappa shape index (κ2) is 10.4. The van der Waals surface area contributed by atoms with Crippen LogP contribution < -0.4 is 4.74 Å². The summed E-state index contributed by atoms with van der Waals surface area (Å²) in [6.07, 6.45) is 0. The number of aromatic nitrogens is 2. The molecule has 5 rings (SSSR count). The Morgan fingerprint density at radius 1 is 1.05 bits per heavy atom. The molecule has 0 aliphatic heterocycles. The zero-order chi connectivity index (χ0) is 27.0. The molecule has 0 radical (unpaired) electrons. The summed E-state index contributed by atoms with van der Waals surface area (Å²) in [7, 11) is 0. The van der Waals surface area contributed by atoms with Crippen LogP contribution in [0.3, 0.4) is 0 Å². The molecule has 0 bridgehead atoms. The fourth-order valence-electron chi connectivity index (χ4n) is 4.21. The second-order valence-corrected chi connectivity index (χ2v) is 9.78. The van der Waals surface area contributed by atoms with Gasteiger partial charge in [0.2, 0.25) is 0 Å². The van der Waals surface area contributed by atoms with Crippen LogP contribution in [0.25, 0.3) is 33.3 Å². The van der Waals surface area contributed by atoms with E-state index in [9.17, 15) is 9.18 Å². The van der Waals surface area contributed by atoms with E-state index in [2.05, 4.69) is 10.1 Å². The smallest absolute Gasteiger partial charge is 0.354 e. The predicted molar refractivity (Wildman–Crippen MR) is 144 cm³/mol. The number of aromatic carboxylic acids is 1. The molecule has 6 nitrogen and oxygen atoms in total. The number of hydrogen-bond acceptors (Lipinski definition) is 5. The van der Waals surface area contributed by atoms with Crippen LogP contribution in [0.2, 0.25) is 10.0 Å². The molecule has 2 aromatic heterocycles. The van der Waals surface area contributed by atoms with Gasteiger partial charge in [-0.1, -0.05) is 66.5 Å². The van der Waals surface area contributed by atoms with Crippen molar-refractivity contribution in [3.8, 4) is 28.1 Å². The summed E-state index contributed by atoms with van der Waals surface area (Å²) >= 11 is 12.8. The molecule has 0 spiro atoms. The van der Waals surface area contributed by atoms with Crippen LogP contribution in [0.5, 0.6) is 5.75 Å². The number of carbonyl (C=O) groups is 1. The van der Waals surface area contributed by atoms with Crippen molar-refractivity contribution in [3.63, 3.8) is 0 Å². The zero-order valence-corrected chi connectivity index (χ0v) is 21.8. The highest BCUT2D eigenvalue weighted by Gasteiger charge is 2.24.